The zero-order valence-corrected chi connectivity index (χ0v) is 12.9. The number of carbonyl (C=O) groups excluding carboxylic acids is 2. The van der Waals surface area contributed by atoms with Gasteiger partial charge in [-0.2, -0.15) is 12.6 Å². The highest BCUT2D eigenvalue weighted by atomic mass is 32.1. The van der Waals surface area contributed by atoms with Crippen LogP contribution in [0.4, 0.5) is 0 Å². The molecule has 2 fully saturated rings. The van der Waals surface area contributed by atoms with Crippen molar-refractivity contribution >= 4 is 24.5 Å². The highest BCUT2D eigenvalue weighted by molar-refractivity contribution is 7.81. The molecule has 2 aliphatic heterocycles. The van der Waals surface area contributed by atoms with E-state index in [1.165, 1.54) is 6.92 Å². The smallest absolute Gasteiger partial charge is 0.338 e. The van der Waals surface area contributed by atoms with Gasteiger partial charge in [-0.3, -0.25) is 4.79 Å². The molecule has 0 aliphatic carbocycles. The van der Waals surface area contributed by atoms with Gasteiger partial charge in [-0.25, -0.2) is 4.79 Å². The van der Waals surface area contributed by atoms with E-state index in [1.54, 1.807) is 24.3 Å². The Kier molecular flexibility index (Phi) is 4.37. The summed E-state index contributed by atoms with van der Waals surface area (Å²) in [4.78, 5) is 23.7. The summed E-state index contributed by atoms with van der Waals surface area (Å²) >= 11 is 4.49. The van der Waals surface area contributed by atoms with Crippen LogP contribution in [0.25, 0.3) is 0 Å². The Balaban J connectivity index is 1.79. The fraction of sp³-hybridized carbons (Fsp3) is 0.467. The second-order valence-electron chi connectivity index (χ2n) is 5.33. The van der Waals surface area contributed by atoms with Crippen LogP contribution in [0.15, 0.2) is 30.3 Å². The van der Waals surface area contributed by atoms with E-state index >= 15 is 0 Å². The maximum absolute atomic E-state index is 12.3. The number of hydrogen-bond donors (Lipinski definition) is 2. The van der Waals surface area contributed by atoms with Gasteiger partial charge in [-0.15, -0.1) is 0 Å². The van der Waals surface area contributed by atoms with Crippen molar-refractivity contribution in [1.29, 1.82) is 0 Å². The quantitative estimate of drug-likeness (QED) is 0.635. The average Bonchev–Trinajstić information content (AvgIpc) is 2.95. The average molecular weight is 323 g/mol. The summed E-state index contributed by atoms with van der Waals surface area (Å²) in [6.07, 6.45) is -1.50. The molecule has 2 aliphatic rings. The third kappa shape index (κ3) is 2.97. The lowest BCUT2D eigenvalue weighted by Gasteiger charge is -2.38. The third-order valence-electron chi connectivity index (χ3n) is 3.72. The van der Waals surface area contributed by atoms with Crippen LogP contribution in [0.2, 0.25) is 0 Å². The predicted molar refractivity (Wildman–Crippen MR) is 80.6 cm³/mol. The van der Waals surface area contributed by atoms with E-state index in [1.807, 2.05) is 6.07 Å². The van der Waals surface area contributed by atoms with Crippen LogP contribution in [0.1, 0.15) is 17.3 Å². The Morgan fingerprint density at radius 2 is 2.05 bits per heavy atom. The molecular formula is C15H17NO5S. The van der Waals surface area contributed by atoms with Crippen LogP contribution >= 0.6 is 12.6 Å². The summed E-state index contributed by atoms with van der Waals surface area (Å²) in [6, 6.07) is 8.11. The summed E-state index contributed by atoms with van der Waals surface area (Å²) in [5, 5.41) is 2.36. The number of hydrogen-bond acceptors (Lipinski definition) is 6. The number of esters is 1. The molecule has 2 bridgehead atoms. The van der Waals surface area contributed by atoms with Crippen molar-refractivity contribution in [2.24, 2.45) is 0 Å². The number of fused-ring (bicyclic) bond motifs is 2. The Hall–Kier alpha value is -1.57. The highest BCUT2D eigenvalue weighted by Gasteiger charge is 2.51. The van der Waals surface area contributed by atoms with E-state index in [-0.39, 0.29) is 17.3 Å². The van der Waals surface area contributed by atoms with Gasteiger partial charge in [0.25, 0.3) is 0 Å². The zero-order valence-electron chi connectivity index (χ0n) is 12.0. The molecule has 1 N–H and O–H groups in total. The molecule has 2 saturated heterocycles. The van der Waals surface area contributed by atoms with E-state index in [4.69, 9.17) is 14.2 Å². The lowest BCUT2D eigenvalue weighted by atomic mass is 10.0. The van der Waals surface area contributed by atoms with E-state index in [9.17, 15) is 9.59 Å². The number of rotatable bonds is 3. The fourth-order valence-corrected chi connectivity index (χ4v) is 3.08. The number of thiol groups is 1. The monoisotopic (exact) mass is 323 g/mol. The molecule has 118 valence electrons. The van der Waals surface area contributed by atoms with Crippen LogP contribution in [-0.2, 0) is 19.0 Å². The molecule has 5 atom stereocenters. The van der Waals surface area contributed by atoms with Crippen molar-refractivity contribution in [2.75, 3.05) is 6.61 Å². The minimum Gasteiger partial charge on any atom is -0.455 e. The Bertz CT molecular complexity index is 566. The Labute approximate surface area is 133 Å². The van der Waals surface area contributed by atoms with Gasteiger partial charge >= 0.3 is 5.97 Å². The fourth-order valence-electron chi connectivity index (χ4n) is 2.68. The highest BCUT2D eigenvalue weighted by Crippen LogP contribution is 2.33. The maximum Gasteiger partial charge on any atom is 0.338 e. The lowest BCUT2D eigenvalue weighted by molar-refractivity contribution is -0.148. The van der Waals surface area contributed by atoms with Crippen LogP contribution < -0.4 is 5.32 Å². The first-order valence-corrected chi connectivity index (χ1v) is 7.56. The summed E-state index contributed by atoms with van der Waals surface area (Å²) in [5.74, 6) is -0.704. The third-order valence-corrected chi connectivity index (χ3v) is 4.35. The molecule has 1 aromatic carbocycles. The minimum absolute atomic E-state index is 0.246. The molecule has 0 spiro atoms. The largest absolute Gasteiger partial charge is 0.455 e. The molecule has 1 amide bonds. The molecule has 3 rings (SSSR count). The Morgan fingerprint density at radius 3 is 2.73 bits per heavy atom. The first kappa shape index (κ1) is 15.3. The summed E-state index contributed by atoms with van der Waals surface area (Å²) < 4.78 is 16.7. The molecule has 0 radical (unpaired) electrons. The topological polar surface area (TPSA) is 73.9 Å². The summed E-state index contributed by atoms with van der Waals surface area (Å²) in [6.45, 7) is 1.76. The van der Waals surface area contributed by atoms with Gasteiger partial charge in [-0.05, 0) is 12.1 Å². The molecular weight excluding hydrogens is 306 g/mol. The molecule has 0 unspecified atom stereocenters. The zero-order chi connectivity index (χ0) is 15.7. The van der Waals surface area contributed by atoms with Crippen molar-refractivity contribution in [2.45, 2.75) is 36.7 Å². The van der Waals surface area contributed by atoms with Gasteiger partial charge < -0.3 is 19.5 Å². The first-order valence-electron chi connectivity index (χ1n) is 7.04. The van der Waals surface area contributed by atoms with E-state index in [2.05, 4.69) is 17.9 Å². The number of ether oxygens (including phenoxy) is 3. The van der Waals surface area contributed by atoms with Crippen LogP contribution in [0.3, 0.4) is 0 Å². The molecule has 0 saturated carbocycles. The predicted octanol–water partition coefficient (Wildman–Crippen LogP) is 0.770. The first-order chi connectivity index (χ1) is 10.6. The molecule has 0 aromatic heterocycles. The molecule has 1 aromatic rings. The molecule has 7 heteroatoms. The second-order valence-corrected chi connectivity index (χ2v) is 5.93. The van der Waals surface area contributed by atoms with Gasteiger partial charge in [0.05, 0.1) is 23.5 Å². The van der Waals surface area contributed by atoms with Gasteiger partial charge in [0.2, 0.25) is 5.91 Å². The minimum atomic E-state index is -0.620. The van der Waals surface area contributed by atoms with Crippen molar-refractivity contribution in [3.8, 4) is 0 Å². The molecule has 2 heterocycles. The van der Waals surface area contributed by atoms with Gasteiger partial charge in [0.1, 0.15) is 12.1 Å². The van der Waals surface area contributed by atoms with Crippen molar-refractivity contribution < 1.29 is 23.8 Å². The standard InChI is InChI=1S/C15H17NO5S/c1-8(17)16-11-12(13(22)10-7-19-15(11)20-10)21-14(18)9-5-3-2-4-6-9/h2-6,10-13,15,22H,7H2,1H3,(H,16,17)/t10-,11-,12-,13-,15+/m1/s1. The van der Waals surface area contributed by atoms with E-state index in [0.29, 0.717) is 12.2 Å². The number of nitrogens with one attached hydrogen (secondary N) is 1. The molecule has 6 nitrogen and oxygen atoms in total. The van der Waals surface area contributed by atoms with Crippen molar-refractivity contribution in [1.82, 2.24) is 5.32 Å². The number of benzene rings is 1. The number of amides is 1. The second kappa shape index (κ2) is 6.28. The van der Waals surface area contributed by atoms with Crippen LogP contribution in [-0.4, -0.2) is 48.3 Å². The maximum atomic E-state index is 12.3. The van der Waals surface area contributed by atoms with Crippen molar-refractivity contribution in [3.63, 3.8) is 0 Å². The Morgan fingerprint density at radius 1 is 1.32 bits per heavy atom. The van der Waals surface area contributed by atoms with Crippen molar-refractivity contribution in [3.05, 3.63) is 35.9 Å². The normalized spacial score (nSPS) is 33.3. The van der Waals surface area contributed by atoms with Crippen LogP contribution in [0, 0.1) is 0 Å². The van der Waals surface area contributed by atoms with E-state index < -0.39 is 24.4 Å². The van der Waals surface area contributed by atoms with Gasteiger partial charge in [-0.1, -0.05) is 18.2 Å². The lowest BCUT2D eigenvalue weighted by Crippen LogP contribution is -2.60. The van der Waals surface area contributed by atoms with Gasteiger partial charge in [0, 0.05) is 6.92 Å². The van der Waals surface area contributed by atoms with Gasteiger partial charge in [0.15, 0.2) is 6.29 Å². The van der Waals surface area contributed by atoms with E-state index in [0.717, 1.165) is 0 Å². The van der Waals surface area contributed by atoms with Crippen LogP contribution in [0.5, 0.6) is 0 Å². The molecule has 22 heavy (non-hydrogen) atoms. The summed E-state index contributed by atoms with van der Waals surface area (Å²) in [5.41, 5.74) is 0.448. The SMILES string of the molecule is CC(=O)N[C@H]1[C@H]2OC[C@@H](O2)[C@@H](S)[C@@H]1OC(=O)c1ccccc1. The number of carbonyl (C=O) groups is 2. The summed E-state index contributed by atoms with van der Waals surface area (Å²) in [7, 11) is 0.